The Morgan fingerprint density at radius 1 is 1.15 bits per heavy atom. The maximum absolute atomic E-state index is 12.9. The monoisotopic (exact) mass is 350 g/mol. The van der Waals surface area contributed by atoms with E-state index in [-0.39, 0.29) is 23.7 Å². The van der Waals surface area contributed by atoms with Gasteiger partial charge in [0.05, 0.1) is 18.2 Å². The van der Waals surface area contributed by atoms with Crippen LogP contribution in [-0.4, -0.2) is 45.7 Å². The molecule has 0 radical (unpaired) electrons. The van der Waals surface area contributed by atoms with Crippen LogP contribution in [0.3, 0.4) is 0 Å². The molecule has 0 saturated carbocycles. The van der Waals surface area contributed by atoms with Crippen LogP contribution in [0.5, 0.6) is 0 Å². The van der Waals surface area contributed by atoms with Gasteiger partial charge in [-0.2, -0.15) is 0 Å². The van der Waals surface area contributed by atoms with Gasteiger partial charge in [0, 0.05) is 37.1 Å². The number of hydrogen-bond acceptors (Lipinski definition) is 5. The summed E-state index contributed by atoms with van der Waals surface area (Å²) in [5, 5.41) is 0. The molecule has 3 saturated heterocycles. The molecule has 0 aromatic carbocycles. The SMILES string of the molecule is CC(=O)c1ccc(N2C[C@@H]3CC[C@H](C2)N(Cc2ccccn2)C3=O)nc1. The molecule has 0 unspecified atom stereocenters. The van der Waals surface area contributed by atoms with E-state index < -0.39 is 0 Å². The molecule has 2 atom stereocenters. The lowest BCUT2D eigenvalue weighted by atomic mass is 9.94. The minimum Gasteiger partial charge on any atom is -0.354 e. The predicted octanol–water partition coefficient (Wildman–Crippen LogP) is 2.31. The Kier molecular flexibility index (Phi) is 4.41. The second kappa shape index (κ2) is 6.86. The lowest BCUT2D eigenvalue weighted by Crippen LogP contribution is -2.47. The van der Waals surface area contributed by atoms with Crippen molar-refractivity contribution in [3.8, 4) is 0 Å². The third kappa shape index (κ3) is 3.19. The Labute approximate surface area is 152 Å². The lowest BCUT2D eigenvalue weighted by Gasteiger charge is -2.35. The molecule has 6 nitrogen and oxygen atoms in total. The number of carbonyl (C=O) groups excluding carboxylic acids is 2. The molecule has 134 valence electrons. The number of nitrogens with zero attached hydrogens (tertiary/aromatic N) is 4. The standard InChI is InChI=1S/C20H22N4O2/c1-14(25)15-6-8-19(22-10-15)23-11-16-5-7-18(13-23)24(20(16)26)12-17-4-2-3-9-21-17/h2-4,6,8-10,16,18H,5,7,11-13H2,1H3/t16-,18+/m0/s1. The fourth-order valence-corrected chi connectivity index (χ4v) is 3.88. The third-order valence-corrected chi connectivity index (χ3v) is 5.33. The molecule has 5 rings (SSSR count). The van der Waals surface area contributed by atoms with Crippen molar-refractivity contribution >= 4 is 17.5 Å². The van der Waals surface area contributed by atoms with Gasteiger partial charge in [0.1, 0.15) is 5.82 Å². The van der Waals surface area contributed by atoms with Gasteiger partial charge >= 0.3 is 0 Å². The van der Waals surface area contributed by atoms with Crippen molar-refractivity contribution in [2.75, 3.05) is 18.0 Å². The Bertz CT molecular complexity index is 806. The van der Waals surface area contributed by atoms with Gasteiger partial charge < -0.3 is 9.80 Å². The molecule has 5 heterocycles. The number of ketones is 1. The summed E-state index contributed by atoms with van der Waals surface area (Å²) in [6.07, 6.45) is 5.32. The zero-order chi connectivity index (χ0) is 18.1. The molecule has 6 heteroatoms. The van der Waals surface area contributed by atoms with Crippen LogP contribution in [0.1, 0.15) is 35.8 Å². The number of hydrogen-bond donors (Lipinski definition) is 0. The van der Waals surface area contributed by atoms with Crippen molar-refractivity contribution < 1.29 is 9.59 Å². The Hall–Kier alpha value is -2.76. The van der Waals surface area contributed by atoms with Gasteiger partial charge in [-0.1, -0.05) is 6.07 Å². The maximum Gasteiger partial charge on any atom is 0.228 e. The summed E-state index contributed by atoms with van der Waals surface area (Å²) in [6, 6.07) is 9.66. The van der Waals surface area contributed by atoms with E-state index in [2.05, 4.69) is 14.9 Å². The number of aromatic nitrogens is 2. The van der Waals surface area contributed by atoms with Crippen LogP contribution in [-0.2, 0) is 11.3 Å². The first-order chi connectivity index (χ1) is 12.6. The van der Waals surface area contributed by atoms with Gasteiger partial charge in [0.2, 0.25) is 5.91 Å². The zero-order valence-electron chi connectivity index (χ0n) is 14.8. The van der Waals surface area contributed by atoms with Gasteiger partial charge in [0.25, 0.3) is 0 Å². The highest BCUT2D eigenvalue weighted by Crippen LogP contribution is 2.32. The van der Waals surface area contributed by atoms with Crippen molar-refractivity contribution in [2.45, 2.75) is 32.4 Å². The van der Waals surface area contributed by atoms with E-state index in [1.807, 2.05) is 35.2 Å². The molecular weight excluding hydrogens is 328 g/mol. The largest absolute Gasteiger partial charge is 0.354 e. The maximum atomic E-state index is 12.9. The van der Waals surface area contributed by atoms with E-state index in [1.165, 1.54) is 6.92 Å². The summed E-state index contributed by atoms with van der Waals surface area (Å²) in [5.74, 6) is 1.05. The van der Waals surface area contributed by atoms with Gasteiger partial charge in [0.15, 0.2) is 5.78 Å². The fourth-order valence-electron chi connectivity index (χ4n) is 3.88. The molecule has 0 spiro atoms. The lowest BCUT2D eigenvalue weighted by molar-refractivity contribution is -0.140. The molecule has 2 aromatic heterocycles. The Morgan fingerprint density at radius 3 is 2.73 bits per heavy atom. The Morgan fingerprint density at radius 2 is 2.04 bits per heavy atom. The highest BCUT2D eigenvalue weighted by atomic mass is 16.2. The first kappa shape index (κ1) is 16.7. The van der Waals surface area contributed by atoms with E-state index >= 15 is 0 Å². The molecule has 1 amide bonds. The summed E-state index contributed by atoms with van der Waals surface area (Å²) in [5.41, 5.74) is 1.53. The van der Waals surface area contributed by atoms with Crippen LogP contribution in [0, 0.1) is 5.92 Å². The minimum atomic E-state index is -0.00764. The van der Waals surface area contributed by atoms with Gasteiger partial charge in [-0.05, 0) is 44.0 Å². The first-order valence-electron chi connectivity index (χ1n) is 9.04. The molecule has 0 aliphatic carbocycles. The second-order valence-electron chi connectivity index (χ2n) is 7.08. The van der Waals surface area contributed by atoms with Crippen molar-refractivity contribution in [3.05, 3.63) is 54.0 Å². The average Bonchev–Trinajstić information content (AvgIpc) is 2.95. The average molecular weight is 350 g/mol. The van der Waals surface area contributed by atoms with E-state index in [1.54, 1.807) is 12.4 Å². The summed E-state index contributed by atoms with van der Waals surface area (Å²) < 4.78 is 0. The summed E-state index contributed by atoms with van der Waals surface area (Å²) in [7, 11) is 0. The van der Waals surface area contributed by atoms with Gasteiger partial charge in [-0.15, -0.1) is 0 Å². The summed E-state index contributed by atoms with van der Waals surface area (Å²) in [6.45, 7) is 3.55. The van der Waals surface area contributed by atoms with Crippen molar-refractivity contribution in [3.63, 3.8) is 0 Å². The van der Waals surface area contributed by atoms with Crippen molar-refractivity contribution in [2.24, 2.45) is 5.92 Å². The third-order valence-electron chi connectivity index (χ3n) is 5.33. The molecular formula is C20H22N4O2. The number of Topliss-reactive ketones (excluding diaryl/α,β-unsaturated/α-hetero) is 1. The van der Waals surface area contributed by atoms with Crippen LogP contribution in [0.2, 0.25) is 0 Å². The number of amides is 1. The summed E-state index contributed by atoms with van der Waals surface area (Å²) >= 11 is 0. The summed E-state index contributed by atoms with van der Waals surface area (Å²) in [4.78, 5) is 37.4. The molecule has 26 heavy (non-hydrogen) atoms. The quantitative estimate of drug-likeness (QED) is 0.792. The molecule has 2 aromatic rings. The van der Waals surface area contributed by atoms with Crippen LogP contribution in [0.4, 0.5) is 5.82 Å². The smallest absolute Gasteiger partial charge is 0.228 e. The second-order valence-corrected chi connectivity index (χ2v) is 7.08. The first-order valence-corrected chi connectivity index (χ1v) is 9.04. The Balaban J connectivity index is 1.55. The van der Waals surface area contributed by atoms with Crippen LogP contribution in [0.15, 0.2) is 42.7 Å². The molecule has 0 N–H and O–H groups in total. The van der Waals surface area contributed by atoms with Crippen molar-refractivity contribution in [1.82, 2.24) is 14.9 Å². The van der Waals surface area contributed by atoms with E-state index in [0.717, 1.165) is 30.9 Å². The minimum absolute atomic E-state index is 0.00764. The number of rotatable bonds is 4. The normalized spacial score (nSPS) is 22.4. The molecule has 2 bridgehead atoms. The van der Waals surface area contributed by atoms with E-state index in [4.69, 9.17) is 0 Å². The number of pyridine rings is 2. The van der Waals surface area contributed by atoms with Gasteiger partial charge in [-0.25, -0.2) is 4.98 Å². The number of anilines is 1. The van der Waals surface area contributed by atoms with Crippen LogP contribution < -0.4 is 4.90 Å². The van der Waals surface area contributed by atoms with Crippen LogP contribution >= 0.6 is 0 Å². The molecule has 3 aliphatic heterocycles. The highest BCUT2D eigenvalue weighted by molar-refractivity contribution is 5.93. The van der Waals surface area contributed by atoms with Gasteiger partial charge in [-0.3, -0.25) is 14.6 Å². The number of carbonyl (C=O) groups is 2. The molecule has 3 aliphatic rings. The van der Waals surface area contributed by atoms with Crippen molar-refractivity contribution in [1.29, 1.82) is 0 Å². The topological polar surface area (TPSA) is 66.4 Å². The van der Waals surface area contributed by atoms with E-state index in [9.17, 15) is 9.59 Å². The zero-order valence-corrected chi connectivity index (χ0v) is 14.8. The number of piperidine rings is 1. The number of fused-ring (bicyclic) bond motifs is 4. The van der Waals surface area contributed by atoms with E-state index in [0.29, 0.717) is 18.7 Å². The fraction of sp³-hybridized carbons (Fsp3) is 0.400. The predicted molar refractivity (Wildman–Crippen MR) is 97.8 cm³/mol. The highest BCUT2D eigenvalue weighted by Gasteiger charge is 2.41. The van der Waals surface area contributed by atoms with Crippen LogP contribution in [0.25, 0.3) is 0 Å². The molecule has 3 fully saturated rings.